The summed E-state index contributed by atoms with van der Waals surface area (Å²) in [5, 5.41) is 0. The van der Waals surface area contributed by atoms with Crippen LogP contribution in [-0.2, 0) is 23.9 Å². The van der Waals surface area contributed by atoms with Gasteiger partial charge in [0.2, 0.25) is 0 Å². The number of hydrogen-bond donors (Lipinski definition) is 0. The van der Waals surface area contributed by atoms with Crippen LogP contribution in [0.1, 0.15) is 46.0 Å². The summed E-state index contributed by atoms with van der Waals surface area (Å²) in [4.78, 5) is 35.4. The van der Waals surface area contributed by atoms with Gasteiger partial charge in [0.1, 0.15) is 5.78 Å². The second-order valence-corrected chi connectivity index (χ2v) is 4.69. The van der Waals surface area contributed by atoms with Crippen LogP contribution in [0.3, 0.4) is 0 Å². The Morgan fingerprint density at radius 3 is 2.47 bits per heavy atom. The van der Waals surface area contributed by atoms with Gasteiger partial charge in [0.25, 0.3) is 0 Å². The minimum absolute atomic E-state index is 0.0635. The van der Waals surface area contributed by atoms with Crippen molar-refractivity contribution in [2.24, 2.45) is 11.8 Å². The maximum Gasteiger partial charge on any atom is 0.310 e. The summed E-state index contributed by atoms with van der Waals surface area (Å²) in [7, 11) is 0. The lowest BCUT2D eigenvalue weighted by Gasteiger charge is -2.27. The van der Waals surface area contributed by atoms with Crippen molar-refractivity contribution >= 4 is 17.7 Å². The van der Waals surface area contributed by atoms with Crippen LogP contribution >= 0.6 is 0 Å². The maximum atomic E-state index is 11.9. The van der Waals surface area contributed by atoms with Gasteiger partial charge in [-0.25, -0.2) is 0 Å². The minimum atomic E-state index is -0.688. The Balaban J connectivity index is 2.75. The number of carbonyl (C=O) groups is 3. The summed E-state index contributed by atoms with van der Waals surface area (Å²) >= 11 is 0. The molecule has 0 aromatic carbocycles. The molecule has 1 saturated carbocycles. The lowest BCUT2D eigenvalue weighted by atomic mass is 9.77. The number of hydrogen-bond acceptors (Lipinski definition) is 5. The molecule has 0 aromatic rings. The Morgan fingerprint density at radius 2 is 1.89 bits per heavy atom. The summed E-state index contributed by atoms with van der Waals surface area (Å²) in [5.74, 6) is -1.92. The highest BCUT2D eigenvalue weighted by molar-refractivity contribution is 5.89. The molecule has 2 unspecified atom stereocenters. The molecule has 1 aliphatic rings. The highest BCUT2D eigenvalue weighted by Gasteiger charge is 2.37. The number of ether oxygens (including phenoxy) is 2. The molecule has 0 aromatic heterocycles. The Hall–Kier alpha value is -1.39. The predicted octanol–water partition coefficient (Wildman–Crippen LogP) is 1.88. The van der Waals surface area contributed by atoms with E-state index in [2.05, 4.69) is 0 Å². The molecule has 0 saturated heterocycles. The molecule has 1 aliphatic carbocycles. The van der Waals surface area contributed by atoms with E-state index in [1.54, 1.807) is 13.8 Å². The van der Waals surface area contributed by atoms with Gasteiger partial charge in [-0.15, -0.1) is 0 Å². The smallest absolute Gasteiger partial charge is 0.310 e. The van der Waals surface area contributed by atoms with E-state index in [0.29, 0.717) is 12.8 Å². The molecule has 0 aliphatic heterocycles. The van der Waals surface area contributed by atoms with Crippen molar-refractivity contribution in [3.8, 4) is 0 Å². The summed E-state index contributed by atoms with van der Waals surface area (Å²) < 4.78 is 9.85. The largest absolute Gasteiger partial charge is 0.466 e. The second-order valence-electron chi connectivity index (χ2n) is 4.69. The predicted molar refractivity (Wildman–Crippen MR) is 68.3 cm³/mol. The lowest BCUT2D eigenvalue weighted by Crippen LogP contribution is -2.35. The topological polar surface area (TPSA) is 69.7 Å². The van der Waals surface area contributed by atoms with Gasteiger partial charge in [0.15, 0.2) is 0 Å². The van der Waals surface area contributed by atoms with Crippen molar-refractivity contribution in [1.29, 1.82) is 0 Å². The first-order valence-electron chi connectivity index (χ1n) is 6.95. The molecule has 19 heavy (non-hydrogen) atoms. The van der Waals surface area contributed by atoms with Gasteiger partial charge in [-0.1, -0.05) is 6.42 Å². The zero-order valence-corrected chi connectivity index (χ0v) is 11.6. The maximum absolute atomic E-state index is 11.9. The number of carbonyl (C=O) groups excluding carboxylic acids is 3. The number of ketones is 1. The van der Waals surface area contributed by atoms with E-state index in [-0.39, 0.29) is 25.4 Å². The SMILES string of the molecule is CCOC(=O)CC(C(=O)OCC)C1CCCCC1=O. The van der Waals surface area contributed by atoms with Crippen molar-refractivity contribution in [1.82, 2.24) is 0 Å². The number of Topliss-reactive ketones (excluding diaryl/α,β-unsaturated/α-hetero) is 1. The zero-order valence-electron chi connectivity index (χ0n) is 11.6. The Morgan fingerprint density at radius 1 is 1.21 bits per heavy atom. The fraction of sp³-hybridized carbons (Fsp3) is 0.786. The zero-order chi connectivity index (χ0) is 14.3. The monoisotopic (exact) mass is 270 g/mol. The molecule has 1 fully saturated rings. The van der Waals surface area contributed by atoms with E-state index in [0.717, 1.165) is 12.8 Å². The Kier molecular flexibility index (Phi) is 6.53. The fourth-order valence-corrected chi connectivity index (χ4v) is 2.47. The normalized spacial score (nSPS) is 20.7. The van der Waals surface area contributed by atoms with Gasteiger partial charge >= 0.3 is 11.9 Å². The highest BCUT2D eigenvalue weighted by atomic mass is 16.5. The molecule has 0 spiro atoms. The molecule has 0 radical (unpaired) electrons. The van der Waals surface area contributed by atoms with Gasteiger partial charge in [0.05, 0.1) is 25.6 Å². The third kappa shape index (κ3) is 4.65. The van der Waals surface area contributed by atoms with Crippen LogP contribution in [0.15, 0.2) is 0 Å². The van der Waals surface area contributed by atoms with Crippen LogP contribution in [-0.4, -0.2) is 30.9 Å². The van der Waals surface area contributed by atoms with E-state index in [1.807, 2.05) is 0 Å². The average molecular weight is 270 g/mol. The minimum Gasteiger partial charge on any atom is -0.466 e. The van der Waals surface area contributed by atoms with Gasteiger partial charge in [-0.2, -0.15) is 0 Å². The van der Waals surface area contributed by atoms with E-state index >= 15 is 0 Å². The molecule has 5 heteroatoms. The highest BCUT2D eigenvalue weighted by Crippen LogP contribution is 2.30. The van der Waals surface area contributed by atoms with Crippen molar-refractivity contribution in [2.45, 2.75) is 46.0 Å². The fourth-order valence-electron chi connectivity index (χ4n) is 2.47. The number of esters is 2. The van der Waals surface area contributed by atoms with Gasteiger partial charge in [0, 0.05) is 12.3 Å². The van der Waals surface area contributed by atoms with Crippen molar-refractivity contribution in [3.05, 3.63) is 0 Å². The molecule has 0 N–H and O–H groups in total. The third-order valence-electron chi connectivity index (χ3n) is 3.37. The standard InChI is InChI=1S/C14H22O5/c1-3-18-13(16)9-11(14(17)19-4-2)10-7-5-6-8-12(10)15/h10-11H,3-9H2,1-2H3. The van der Waals surface area contributed by atoms with Gasteiger partial charge in [-0.3, -0.25) is 14.4 Å². The van der Waals surface area contributed by atoms with Gasteiger partial charge in [-0.05, 0) is 26.7 Å². The quantitative estimate of drug-likeness (QED) is 0.689. The van der Waals surface area contributed by atoms with Crippen LogP contribution in [0.2, 0.25) is 0 Å². The molecule has 1 rings (SSSR count). The molecule has 0 heterocycles. The Bertz CT molecular complexity index is 337. The molecule has 108 valence electrons. The first kappa shape index (κ1) is 15.7. The van der Waals surface area contributed by atoms with Crippen molar-refractivity contribution in [2.75, 3.05) is 13.2 Å². The lowest BCUT2D eigenvalue weighted by molar-refractivity contribution is -0.158. The van der Waals surface area contributed by atoms with E-state index in [9.17, 15) is 14.4 Å². The summed E-state index contributed by atoms with van der Waals surface area (Å²) in [6.07, 6.45) is 2.85. The Labute approximate surface area is 113 Å². The molecule has 0 bridgehead atoms. The number of rotatable bonds is 6. The third-order valence-corrected chi connectivity index (χ3v) is 3.37. The summed E-state index contributed by atoms with van der Waals surface area (Å²) in [6, 6.07) is 0. The van der Waals surface area contributed by atoms with Crippen LogP contribution < -0.4 is 0 Å². The first-order valence-corrected chi connectivity index (χ1v) is 6.95. The van der Waals surface area contributed by atoms with E-state index in [1.165, 1.54) is 0 Å². The van der Waals surface area contributed by atoms with Crippen molar-refractivity contribution < 1.29 is 23.9 Å². The van der Waals surface area contributed by atoms with E-state index in [4.69, 9.17) is 9.47 Å². The summed E-state index contributed by atoms with van der Waals surface area (Å²) in [6.45, 7) is 3.94. The molecular formula is C14H22O5. The average Bonchev–Trinajstić information content (AvgIpc) is 2.37. The van der Waals surface area contributed by atoms with E-state index < -0.39 is 23.8 Å². The van der Waals surface area contributed by atoms with Crippen molar-refractivity contribution in [3.63, 3.8) is 0 Å². The molecular weight excluding hydrogens is 248 g/mol. The molecule has 5 nitrogen and oxygen atoms in total. The van der Waals surface area contributed by atoms with Crippen LogP contribution in [0.4, 0.5) is 0 Å². The summed E-state index contributed by atoms with van der Waals surface area (Å²) in [5.41, 5.74) is 0. The van der Waals surface area contributed by atoms with Crippen LogP contribution in [0.25, 0.3) is 0 Å². The van der Waals surface area contributed by atoms with Gasteiger partial charge < -0.3 is 9.47 Å². The first-order chi connectivity index (χ1) is 9.10. The van der Waals surface area contributed by atoms with Crippen LogP contribution in [0.5, 0.6) is 0 Å². The molecule has 0 amide bonds. The molecule has 2 atom stereocenters. The van der Waals surface area contributed by atoms with Crippen LogP contribution in [0, 0.1) is 11.8 Å². The second kappa shape index (κ2) is 7.92.